The molecule has 0 spiro atoms. The number of allylic oxidation sites excluding steroid dienone is 2. The normalized spacial score (nSPS) is 26.0. The molecule has 0 heterocycles. The molecule has 0 aliphatic heterocycles. The van der Waals surface area contributed by atoms with E-state index in [1.807, 2.05) is 0 Å². The van der Waals surface area contributed by atoms with Gasteiger partial charge in [0.2, 0.25) is 6.48 Å². The van der Waals surface area contributed by atoms with Crippen molar-refractivity contribution >= 4 is 26.4 Å². The summed E-state index contributed by atoms with van der Waals surface area (Å²) in [6, 6.07) is 6.92. The Morgan fingerprint density at radius 3 is 1.65 bits per heavy atom. The lowest BCUT2D eigenvalue weighted by Crippen LogP contribution is -2.48. The zero-order valence-electron chi connectivity index (χ0n) is 18.1. The van der Waals surface area contributed by atoms with Crippen LogP contribution >= 0.6 is 0 Å². The maximum absolute atomic E-state index is 6.73. The highest BCUT2D eigenvalue weighted by Crippen LogP contribution is 2.46. The molecule has 3 atom stereocenters. The second-order valence-corrected chi connectivity index (χ2v) is 19.5. The molecule has 0 amide bonds. The minimum atomic E-state index is -1.73. The predicted molar refractivity (Wildman–Crippen MR) is 119 cm³/mol. The van der Waals surface area contributed by atoms with Crippen LogP contribution in [0.3, 0.4) is 0 Å². The van der Waals surface area contributed by atoms with Gasteiger partial charge in [-0.15, -0.1) is 0 Å². The maximum Gasteiger partial charge on any atom is 0.242 e. The molecule has 0 saturated heterocycles. The lowest BCUT2D eigenvalue weighted by molar-refractivity contribution is -0.156. The largest absolute Gasteiger partial charge is 0.380 e. The molecule has 2 rings (SSSR count). The lowest BCUT2D eigenvalue weighted by Gasteiger charge is -2.39. The van der Waals surface area contributed by atoms with Gasteiger partial charge in [-0.2, -0.15) is 0 Å². The summed E-state index contributed by atoms with van der Waals surface area (Å²) in [5.74, 6) is 1.61. The molecule has 3 unspecified atom stereocenters. The Hall–Kier alpha value is 0.271. The van der Waals surface area contributed by atoms with E-state index in [9.17, 15) is 0 Å². The number of rotatable bonds is 13. The molecule has 1 fully saturated rings. The highest BCUT2D eigenvalue weighted by Gasteiger charge is 2.40. The van der Waals surface area contributed by atoms with Gasteiger partial charge in [0, 0.05) is 0 Å². The van der Waals surface area contributed by atoms with Crippen LogP contribution in [0.4, 0.5) is 0 Å². The molecule has 2 bridgehead atoms. The summed E-state index contributed by atoms with van der Waals surface area (Å²) in [5.41, 5.74) is 0.793. The van der Waals surface area contributed by atoms with E-state index >= 15 is 0 Å². The Bertz CT molecular complexity index is 411. The smallest absolute Gasteiger partial charge is 0.242 e. The molecule has 0 aromatic heterocycles. The molecule has 1 saturated carbocycles. The second kappa shape index (κ2) is 10.2. The third-order valence-corrected chi connectivity index (χ3v) is 18.4. The zero-order valence-corrected chi connectivity index (χ0v) is 21.5. The van der Waals surface area contributed by atoms with E-state index in [1.165, 1.54) is 12.8 Å². The predicted octanol–water partition coefficient (Wildman–Crippen LogP) is 5.80. The SMILES string of the molecule is CC[Si](CC)(CC)OC(O[SiH2]C1CC2C=CC1C2)O[Si](CC)(CC)CC. The molecule has 2 aliphatic carbocycles. The number of hydrogen-bond donors (Lipinski definition) is 0. The van der Waals surface area contributed by atoms with E-state index in [-0.39, 0.29) is 6.48 Å². The molecule has 6 heteroatoms. The summed E-state index contributed by atoms with van der Waals surface area (Å²) >= 11 is 0. The molecule has 0 aromatic rings. The molecule has 0 radical (unpaired) electrons. The third-order valence-electron chi connectivity index (χ3n) is 7.42. The third kappa shape index (κ3) is 5.20. The summed E-state index contributed by atoms with van der Waals surface area (Å²) in [5, 5.41) is 0. The Morgan fingerprint density at radius 2 is 1.31 bits per heavy atom. The van der Waals surface area contributed by atoms with E-state index in [0.29, 0.717) is 0 Å². The standard InChI is InChI=1S/C20H42O3Si3/c1-7-25(8-2,9-3)22-20(23-26(10-4,11-5)12-6)21-24-19-16-17-13-14-18(19)15-17/h13-14,17-20H,7-12,15-16,24H2,1-6H3. The quantitative estimate of drug-likeness (QED) is 0.216. The van der Waals surface area contributed by atoms with Crippen molar-refractivity contribution in [3.05, 3.63) is 12.2 Å². The highest BCUT2D eigenvalue weighted by molar-refractivity contribution is 6.74. The highest BCUT2D eigenvalue weighted by atomic mass is 28.4. The van der Waals surface area contributed by atoms with Gasteiger partial charge in [-0.25, -0.2) is 0 Å². The van der Waals surface area contributed by atoms with Gasteiger partial charge in [0.25, 0.3) is 0 Å². The number of fused-ring (bicyclic) bond motifs is 2. The van der Waals surface area contributed by atoms with Crippen molar-refractivity contribution in [1.82, 2.24) is 0 Å². The van der Waals surface area contributed by atoms with Crippen molar-refractivity contribution in [1.29, 1.82) is 0 Å². The minimum absolute atomic E-state index is 0.372. The van der Waals surface area contributed by atoms with Crippen LogP contribution in [-0.4, -0.2) is 32.9 Å². The summed E-state index contributed by atoms with van der Waals surface area (Å²) in [4.78, 5) is 0. The van der Waals surface area contributed by atoms with Gasteiger partial charge in [0.05, 0.1) is 0 Å². The van der Waals surface area contributed by atoms with Crippen molar-refractivity contribution in [3.63, 3.8) is 0 Å². The van der Waals surface area contributed by atoms with Crippen LogP contribution in [0.25, 0.3) is 0 Å². The van der Waals surface area contributed by atoms with Crippen molar-refractivity contribution in [3.8, 4) is 0 Å². The molecule has 0 aromatic carbocycles. The number of hydrogen-bond acceptors (Lipinski definition) is 3. The summed E-state index contributed by atoms with van der Waals surface area (Å²) in [6.45, 7) is 13.4. The van der Waals surface area contributed by atoms with Crippen LogP contribution in [0, 0.1) is 11.8 Å². The van der Waals surface area contributed by atoms with E-state index < -0.39 is 26.4 Å². The van der Waals surface area contributed by atoms with Crippen LogP contribution in [0.15, 0.2) is 12.2 Å². The molecular weight excluding hydrogens is 372 g/mol. The van der Waals surface area contributed by atoms with Crippen molar-refractivity contribution in [2.45, 2.75) is 103 Å². The van der Waals surface area contributed by atoms with E-state index in [2.05, 4.69) is 53.7 Å². The van der Waals surface area contributed by atoms with E-state index in [4.69, 9.17) is 13.3 Å². The topological polar surface area (TPSA) is 27.7 Å². The minimum Gasteiger partial charge on any atom is -0.380 e. The molecular formula is C20H42O3Si3. The monoisotopic (exact) mass is 414 g/mol. The fraction of sp³-hybridized carbons (Fsp3) is 0.900. The first-order valence-corrected chi connectivity index (χ1v) is 17.6. The first kappa shape index (κ1) is 22.6. The molecule has 3 nitrogen and oxygen atoms in total. The molecule has 26 heavy (non-hydrogen) atoms. The second-order valence-electron chi connectivity index (χ2n) is 8.39. The summed E-state index contributed by atoms with van der Waals surface area (Å²) in [6.07, 6.45) is 7.57. The van der Waals surface area contributed by atoms with Gasteiger partial charge in [0.15, 0.2) is 26.4 Å². The Labute approximate surface area is 166 Å². The van der Waals surface area contributed by atoms with Gasteiger partial charge in [0.1, 0.15) is 0 Å². The van der Waals surface area contributed by atoms with Crippen LogP contribution < -0.4 is 0 Å². The Kier molecular flexibility index (Phi) is 8.82. The lowest BCUT2D eigenvalue weighted by atomic mass is 10.1. The van der Waals surface area contributed by atoms with Crippen LogP contribution in [-0.2, 0) is 13.3 Å². The van der Waals surface area contributed by atoms with Crippen LogP contribution in [0.1, 0.15) is 54.4 Å². The summed E-state index contributed by atoms with van der Waals surface area (Å²) < 4.78 is 20.0. The van der Waals surface area contributed by atoms with Gasteiger partial charge in [-0.05, 0) is 66.5 Å². The van der Waals surface area contributed by atoms with Crippen molar-refractivity contribution in [2.75, 3.05) is 0 Å². The van der Waals surface area contributed by atoms with Gasteiger partial charge in [-0.3, -0.25) is 0 Å². The van der Waals surface area contributed by atoms with E-state index in [0.717, 1.165) is 53.6 Å². The van der Waals surface area contributed by atoms with Gasteiger partial charge < -0.3 is 13.3 Å². The van der Waals surface area contributed by atoms with Crippen LogP contribution in [0.5, 0.6) is 0 Å². The maximum atomic E-state index is 6.73. The van der Waals surface area contributed by atoms with Crippen molar-refractivity contribution in [2.24, 2.45) is 11.8 Å². The van der Waals surface area contributed by atoms with Crippen molar-refractivity contribution < 1.29 is 13.3 Å². The molecule has 152 valence electrons. The average Bonchev–Trinajstić information content (AvgIpc) is 3.31. The van der Waals surface area contributed by atoms with Gasteiger partial charge in [-0.1, -0.05) is 53.7 Å². The Balaban J connectivity index is 2.05. The molecule has 0 N–H and O–H groups in total. The first-order valence-electron chi connectivity index (χ1n) is 11.1. The molecule has 2 aliphatic rings. The fourth-order valence-electron chi connectivity index (χ4n) is 4.79. The fourth-order valence-corrected chi connectivity index (χ4v) is 11.9. The summed E-state index contributed by atoms with van der Waals surface area (Å²) in [7, 11) is -4.09. The zero-order chi connectivity index (χ0) is 19.2. The van der Waals surface area contributed by atoms with E-state index in [1.54, 1.807) is 0 Å². The first-order chi connectivity index (χ1) is 12.5. The Morgan fingerprint density at radius 1 is 0.808 bits per heavy atom. The average molecular weight is 415 g/mol. The van der Waals surface area contributed by atoms with Gasteiger partial charge >= 0.3 is 0 Å². The van der Waals surface area contributed by atoms with Crippen LogP contribution in [0.2, 0.25) is 41.8 Å².